The van der Waals surface area contributed by atoms with E-state index in [9.17, 15) is 4.79 Å². The van der Waals surface area contributed by atoms with Crippen LogP contribution in [0.15, 0.2) is 0 Å². The number of nitrogens with two attached hydrogens (primary N) is 1. The predicted octanol–water partition coefficient (Wildman–Crippen LogP) is 2.86. The molecule has 0 bridgehead atoms. The number of hydrogen-bond donors (Lipinski definition) is 1. The number of rotatable bonds is 4. The fourth-order valence-corrected chi connectivity index (χ4v) is 4.42. The van der Waals surface area contributed by atoms with Gasteiger partial charge in [0.05, 0.1) is 6.04 Å². The summed E-state index contributed by atoms with van der Waals surface area (Å²) in [7, 11) is 0. The number of carbonyl (C=O) groups is 1. The molecule has 0 aliphatic heterocycles. The molecule has 0 spiro atoms. The van der Waals surface area contributed by atoms with Crippen molar-refractivity contribution in [3.63, 3.8) is 0 Å². The van der Waals surface area contributed by atoms with E-state index in [1.807, 2.05) is 13.8 Å². The van der Waals surface area contributed by atoms with Crippen LogP contribution in [0.1, 0.15) is 47.0 Å². The van der Waals surface area contributed by atoms with Crippen LogP contribution in [0.5, 0.6) is 0 Å². The molecule has 4 unspecified atom stereocenters. The first-order valence-corrected chi connectivity index (χ1v) is 7.28. The Morgan fingerprint density at radius 1 is 1.29 bits per heavy atom. The Hall–Kier alpha value is -0.370. The fourth-order valence-electron chi connectivity index (χ4n) is 4.42. The van der Waals surface area contributed by atoms with Crippen molar-refractivity contribution in [3.8, 4) is 0 Å². The molecule has 2 aliphatic carbocycles. The van der Waals surface area contributed by atoms with E-state index in [0.29, 0.717) is 11.8 Å². The molecular formula is C15H27NO. The Labute approximate surface area is 105 Å². The maximum Gasteiger partial charge on any atom is 0.152 e. The van der Waals surface area contributed by atoms with E-state index in [2.05, 4.69) is 13.8 Å². The molecule has 2 aliphatic rings. The lowest BCUT2D eigenvalue weighted by atomic mass is 9.68. The maximum atomic E-state index is 12.1. The van der Waals surface area contributed by atoms with Crippen LogP contribution in [0.2, 0.25) is 0 Å². The minimum absolute atomic E-state index is 0.0805. The van der Waals surface area contributed by atoms with Gasteiger partial charge in [-0.15, -0.1) is 0 Å². The van der Waals surface area contributed by atoms with Crippen LogP contribution in [-0.4, -0.2) is 11.8 Å². The first-order valence-electron chi connectivity index (χ1n) is 7.28. The zero-order chi connectivity index (χ0) is 12.7. The van der Waals surface area contributed by atoms with Crippen molar-refractivity contribution in [2.75, 3.05) is 0 Å². The summed E-state index contributed by atoms with van der Waals surface area (Å²) in [6.07, 6.45) is 3.84. The third-order valence-electron chi connectivity index (χ3n) is 5.51. The van der Waals surface area contributed by atoms with Gasteiger partial charge in [0.2, 0.25) is 0 Å². The number of ketones is 1. The van der Waals surface area contributed by atoms with Gasteiger partial charge in [-0.05, 0) is 42.4 Å². The second kappa shape index (κ2) is 4.72. The van der Waals surface area contributed by atoms with Gasteiger partial charge in [0.15, 0.2) is 5.78 Å². The lowest BCUT2D eigenvalue weighted by molar-refractivity contribution is -0.125. The molecule has 2 saturated carbocycles. The quantitative estimate of drug-likeness (QED) is 0.817. The molecule has 17 heavy (non-hydrogen) atoms. The topological polar surface area (TPSA) is 43.1 Å². The Balaban J connectivity index is 2.16. The summed E-state index contributed by atoms with van der Waals surface area (Å²) >= 11 is 0. The van der Waals surface area contributed by atoms with Gasteiger partial charge >= 0.3 is 0 Å². The number of carbonyl (C=O) groups excluding carboxylic acids is 1. The molecule has 0 radical (unpaired) electrons. The monoisotopic (exact) mass is 237 g/mol. The molecular weight excluding hydrogens is 210 g/mol. The molecule has 0 amide bonds. The van der Waals surface area contributed by atoms with Gasteiger partial charge in [0.1, 0.15) is 0 Å². The van der Waals surface area contributed by atoms with Crippen LogP contribution >= 0.6 is 0 Å². The van der Waals surface area contributed by atoms with Crippen molar-refractivity contribution in [2.24, 2.45) is 41.2 Å². The first kappa shape index (κ1) is 13.1. The smallest absolute Gasteiger partial charge is 0.152 e. The van der Waals surface area contributed by atoms with E-state index < -0.39 is 0 Å². The SMILES string of the molecule is CC[C@H]1C(C(N)C(=O)C(C)C)C2CC[C@H]2C1C. The minimum atomic E-state index is -0.210. The average Bonchev–Trinajstić information content (AvgIpc) is 2.42. The summed E-state index contributed by atoms with van der Waals surface area (Å²) < 4.78 is 0. The molecule has 0 aromatic heterocycles. The van der Waals surface area contributed by atoms with Gasteiger partial charge in [-0.2, -0.15) is 0 Å². The van der Waals surface area contributed by atoms with Gasteiger partial charge in [-0.3, -0.25) is 4.79 Å². The number of hydrogen-bond acceptors (Lipinski definition) is 2. The normalized spacial score (nSPS) is 42.1. The molecule has 98 valence electrons. The summed E-state index contributed by atoms with van der Waals surface area (Å²) in [5.41, 5.74) is 6.29. The van der Waals surface area contributed by atoms with Crippen molar-refractivity contribution < 1.29 is 4.79 Å². The van der Waals surface area contributed by atoms with Gasteiger partial charge < -0.3 is 5.73 Å². The van der Waals surface area contributed by atoms with Crippen LogP contribution < -0.4 is 5.73 Å². The Morgan fingerprint density at radius 3 is 2.29 bits per heavy atom. The maximum absolute atomic E-state index is 12.1. The average molecular weight is 237 g/mol. The molecule has 2 nitrogen and oxygen atoms in total. The van der Waals surface area contributed by atoms with Crippen LogP contribution in [0.4, 0.5) is 0 Å². The lowest BCUT2D eigenvalue weighted by Gasteiger charge is -2.37. The summed E-state index contributed by atoms with van der Waals surface area (Å²) in [5.74, 6) is 3.86. The fraction of sp³-hybridized carbons (Fsp3) is 0.933. The van der Waals surface area contributed by atoms with Crippen molar-refractivity contribution >= 4 is 5.78 Å². The molecule has 2 N–H and O–H groups in total. The molecule has 2 rings (SSSR count). The minimum Gasteiger partial charge on any atom is -0.321 e. The van der Waals surface area contributed by atoms with Crippen molar-refractivity contribution in [2.45, 2.75) is 53.0 Å². The Kier molecular flexibility index (Phi) is 3.63. The molecule has 2 heteroatoms. The zero-order valence-electron chi connectivity index (χ0n) is 11.6. The standard InChI is InChI=1S/C15H27NO/c1-5-10-9(4)11-6-7-12(11)13(10)14(16)15(17)8(2)3/h8-14H,5-7,16H2,1-4H3/t9?,10-,11+,12?,13?,14?/m1/s1. The highest BCUT2D eigenvalue weighted by molar-refractivity contribution is 5.85. The van der Waals surface area contributed by atoms with E-state index in [1.165, 1.54) is 19.3 Å². The zero-order valence-corrected chi connectivity index (χ0v) is 11.6. The highest BCUT2D eigenvalue weighted by Crippen LogP contribution is 2.58. The second-order valence-electron chi connectivity index (χ2n) is 6.50. The molecule has 0 aromatic carbocycles. The van der Waals surface area contributed by atoms with Crippen LogP contribution in [0, 0.1) is 35.5 Å². The number of fused-ring (bicyclic) bond motifs is 1. The highest BCUT2D eigenvalue weighted by atomic mass is 16.1. The van der Waals surface area contributed by atoms with Crippen LogP contribution in [-0.2, 0) is 4.79 Å². The van der Waals surface area contributed by atoms with Crippen LogP contribution in [0.3, 0.4) is 0 Å². The second-order valence-corrected chi connectivity index (χ2v) is 6.50. The molecule has 6 atom stereocenters. The van der Waals surface area contributed by atoms with E-state index in [0.717, 1.165) is 17.8 Å². The summed E-state index contributed by atoms with van der Waals surface area (Å²) in [4.78, 5) is 12.1. The van der Waals surface area contributed by atoms with E-state index in [4.69, 9.17) is 5.73 Å². The molecule has 0 saturated heterocycles. The highest BCUT2D eigenvalue weighted by Gasteiger charge is 2.54. The van der Waals surface area contributed by atoms with Crippen molar-refractivity contribution in [1.29, 1.82) is 0 Å². The third kappa shape index (κ3) is 1.95. The first-order chi connectivity index (χ1) is 7.99. The van der Waals surface area contributed by atoms with Crippen molar-refractivity contribution in [3.05, 3.63) is 0 Å². The Bertz CT molecular complexity index is 299. The van der Waals surface area contributed by atoms with Gasteiger partial charge in [-0.1, -0.05) is 34.1 Å². The number of Topliss-reactive ketones (excluding diaryl/α,β-unsaturated/α-hetero) is 1. The van der Waals surface area contributed by atoms with Gasteiger partial charge in [-0.25, -0.2) is 0 Å². The summed E-state index contributed by atoms with van der Waals surface area (Å²) in [6, 6.07) is -0.210. The largest absolute Gasteiger partial charge is 0.321 e. The predicted molar refractivity (Wildman–Crippen MR) is 70.5 cm³/mol. The van der Waals surface area contributed by atoms with E-state index in [1.54, 1.807) is 0 Å². The van der Waals surface area contributed by atoms with E-state index in [-0.39, 0.29) is 17.7 Å². The molecule has 0 heterocycles. The molecule has 0 aromatic rings. The van der Waals surface area contributed by atoms with Gasteiger partial charge in [0, 0.05) is 5.92 Å². The van der Waals surface area contributed by atoms with Gasteiger partial charge in [0.25, 0.3) is 0 Å². The Morgan fingerprint density at radius 2 is 1.88 bits per heavy atom. The summed E-state index contributed by atoms with van der Waals surface area (Å²) in [5, 5.41) is 0. The van der Waals surface area contributed by atoms with Crippen LogP contribution in [0.25, 0.3) is 0 Å². The molecule has 2 fully saturated rings. The lowest BCUT2D eigenvalue weighted by Crippen LogP contribution is -2.46. The summed E-state index contributed by atoms with van der Waals surface area (Å²) in [6.45, 7) is 8.57. The van der Waals surface area contributed by atoms with E-state index >= 15 is 0 Å². The van der Waals surface area contributed by atoms with Crippen molar-refractivity contribution in [1.82, 2.24) is 0 Å². The third-order valence-corrected chi connectivity index (χ3v) is 5.51.